The number of imidazole rings is 1. The van der Waals surface area contributed by atoms with E-state index in [9.17, 15) is 13.6 Å². The number of amides is 1. The number of halogens is 2. The number of hydrogen-bond acceptors (Lipinski definition) is 4. The topological polar surface area (TPSA) is 74.0 Å². The molecule has 1 fully saturated rings. The Morgan fingerprint density at radius 3 is 2.74 bits per heavy atom. The molecule has 1 aromatic heterocycles. The van der Waals surface area contributed by atoms with Crippen molar-refractivity contribution in [1.29, 1.82) is 5.26 Å². The lowest BCUT2D eigenvalue weighted by atomic mass is 10.1. The Hall–Kier alpha value is -3.57. The highest BCUT2D eigenvalue weighted by Gasteiger charge is 2.31. The number of nitrogens with zero attached hydrogens (tertiary/aromatic N) is 4. The van der Waals surface area contributed by atoms with Gasteiger partial charge in [0.05, 0.1) is 29.7 Å². The average Bonchev–Trinajstić information content (AvgIpc) is 3.36. The molecule has 0 saturated carbocycles. The highest BCUT2D eigenvalue weighted by molar-refractivity contribution is 5.83. The normalized spacial score (nSPS) is 16.0. The van der Waals surface area contributed by atoms with Gasteiger partial charge in [-0.25, -0.2) is 13.8 Å². The van der Waals surface area contributed by atoms with Crippen molar-refractivity contribution in [1.82, 2.24) is 19.8 Å². The number of rotatable bonds is 7. The van der Waals surface area contributed by atoms with E-state index in [0.29, 0.717) is 31.6 Å². The zero-order valence-corrected chi connectivity index (χ0v) is 16.8. The summed E-state index contributed by atoms with van der Waals surface area (Å²) in [6, 6.07) is 13.1. The molecule has 1 N–H and O–H groups in total. The fraction of sp³-hybridized carbons (Fsp3) is 0.261. The number of benzene rings is 2. The van der Waals surface area contributed by atoms with Gasteiger partial charge in [0.1, 0.15) is 0 Å². The summed E-state index contributed by atoms with van der Waals surface area (Å²) >= 11 is 0. The van der Waals surface area contributed by atoms with E-state index in [1.165, 1.54) is 12.1 Å². The predicted molar refractivity (Wildman–Crippen MR) is 110 cm³/mol. The fourth-order valence-corrected chi connectivity index (χ4v) is 3.71. The summed E-state index contributed by atoms with van der Waals surface area (Å²) in [6.07, 6.45) is 4.07. The Kier molecular flexibility index (Phi) is 6.05. The molecule has 0 unspecified atom stereocenters. The monoisotopic (exact) mass is 421 g/mol. The third kappa shape index (κ3) is 4.62. The largest absolute Gasteiger partial charge is 0.337 e. The van der Waals surface area contributed by atoms with Crippen molar-refractivity contribution >= 4 is 5.91 Å². The fourth-order valence-electron chi connectivity index (χ4n) is 3.71. The molecule has 8 heteroatoms. The lowest BCUT2D eigenvalue weighted by molar-refractivity contribution is -0.130. The molecule has 2 aromatic carbocycles. The van der Waals surface area contributed by atoms with Crippen LogP contribution < -0.4 is 5.32 Å². The second-order valence-corrected chi connectivity index (χ2v) is 7.52. The van der Waals surface area contributed by atoms with Gasteiger partial charge < -0.3 is 14.8 Å². The van der Waals surface area contributed by atoms with E-state index in [0.717, 1.165) is 17.3 Å². The van der Waals surface area contributed by atoms with Crippen LogP contribution in [0.25, 0.3) is 0 Å². The van der Waals surface area contributed by atoms with Crippen LogP contribution in [0.1, 0.15) is 28.8 Å². The number of likely N-dealkylation sites (tertiary alicyclic amines) is 1. The first kappa shape index (κ1) is 20.7. The molecule has 0 aliphatic carbocycles. The van der Waals surface area contributed by atoms with Crippen LogP contribution in [0.15, 0.2) is 55.0 Å². The highest BCUT2D eigenvalue weighted by Crippen LogP contribution is 2.19. The van der Waals surface area contributed by atoms with Crippen LogP contribution in [0.2, 0.25) is 0 Å². The maximum atomic E-state index is 13.9. The van der Waals surface area contributed by atoms with Crippen LogP contribution in [0, 0.1) is 23.0 Å². The lowest BCUT2D eigenvalue weighted by Crippen LogP contribution is -2.38. The summed E-state index contributed by atoms with van der Waals surface area (Å²) in [5.74, 6) is -1.94. The maximum Gasteiger partial charge on any atom is 0.240 e. The molecule has 2 heterocycles. The minimum Gasteiger partial charge on any atom is -0.337 e. The second-order valence-electron chi connectivity index (χ2n) is 7.52. The van der Waals surface area contributed by atoms with Gasteiger partial charge in [0.25, 0.3) is 0 Å². The first-order valence-electron chi connectivity index (χ1n) is 9.98. The van der Waals surface area contributed by atoms with E-state index in [2.05, 4.69) is 16.4 Å². The van der Waals surface area contributed by atoms with Crippen LogP contribution in [0.5, 0.6) is 0 Å². The van der Waals surface area contributed by atoms with E-state index in [-0.39, 0.29) is 24.1 Å². The molecule has 0 bridgehead atoms. The molecule has 158 valence electrons. The number of nitriles is 1. The Morgan fingerprint density at radius 2 is 1.97 bits per heavy atom. The molecule has 1 saturated heterocycles. The number of carbonyl (C=O) groups excluding carboxylic acids is 1. The van der Waals surface area contributed by atoms with Crippen LogP contribution in [-0.4, -0.2) is 32.9 Å². The van der Waals surface area contributed by atoms with E-state index in [1.807, 2.05) is 16.7 Å². The quantitative estimate of drug-likeness (QED) is 0.637. The van der Waals surface area contributed by atoms with Gasteiger partial charge in [-0.2, -0.15) is 5.26 Å². The van der Waals surface area contributed by atoms with Gasteiger partial charge in [-0.05, 0) is 30.2 Å². The van der Waals surface area contributed by atoms with E-state index < -0.39 is 11.6 Å². The molecular weight excluding hydrogens is 400 g/mol. The summed E-state index contributed by atoms with van der Waals surface area (Å²) in [7, 11) is 0. The smallest absolute Gasteiger partial charge is 0.240 e. The molecular formula is C23H21F2N5O. The summed E-state index contributed by atoms with van der Waals surface area (Å²) in [6.45, 7) is 1.59. The maximum absolute atomic E-state index is 13.9. The Bertz CT molecular complexity index is 1120. The summed E-state index contributed by atoms with van der Waals surface area (Å²) in [4.78, 5) is 18.4. The minimum atomic E-state index is -0.908. The lowest BCUT2D eigenvalue weighted by Gasteiger charge is -2.18. The van der Waals surface area contributed by atoms with Gasteiger partial charge in [-0.15, -0.1) is 0 Å². The SMILES string of the molecule is N#Cc1ccc(Cn2cncc2CN[C@@H]2CCN(Cc3cccc(F)c3F)C2=O)cc1. The van der Waals surface area contributed by atoms with Crippen LogP contribution in [-0.2, 0) is 24.4 Å². The molecule has 31 heavy (non-hydrogen) atoms. The van der Waals surface area contributed by atoms with Crippen molar-refractivity contribution in [3.05, 3.63) is 89.0 Å². The van der Waals surface area contributed by atoms with Crippen molar-refractivity contribution in [2.45, 2.75) is 32.1 Å². The third-order valence-electron chi connectivity index (χ3n) is 5.45. The molecule has 0 radical (unpaired) electrons. The van der Waals surface area contributed by atoms with Crippen molar-refractivity contribution in [3.63, 3.8) is 0 Å². The second kappa shape index (κ2) is 9.06. The molecule has 1 atom stereocenters. The molecule has 0 spiro atoms. The van der Waals surface area contributed by atoms with Crippen molar-refractivity contribution < 1.29 is 13.6 Å². The minimum absolute atomic E-state index is 0.0528. The number of aromatic nitrogens is 2. The van der Waals surface area contributed by atoms with Crippen LogP contribution in [0.3, 0.4) is 0 Å². The van der Waals surface area contributed by atoms with E-state index in [1.54, 1.807) is 29.6 Å². The Balaban J connectivity index is 1.35. The number of hydrogen-bond donors (Lipinski definition) is 1. The summed E-state index contributed by atoms with van der Waals surface area (Å²) in [5, 5.41) is 12.2. The van der Waals surface area contributed by atoms with Crippen LogP contribution in [0.4, 0.5) is 8.78 Å². The number of nitrogens with one attached hydrogen (secondary N) is 1. The molecule has 3 aromatic rings. The van der Waals surface area contributed by atoms with Gasteiger partial charge in [0.15, 0.2) is 11.6 Å². The predicted octanol–water partition coefficient (Wildman–Crippen LogP) is 2.97. The third-order valence-corrected chi connectivity index (χ3v) is 5.45. The average molecular weight is 421 g/mol. The molecule has 6 nitrogen and oxygen atoms in total. The zero-order valence-electron chi connectivity index (χ0n) is 16.8. The van der Waals surface area contributed by atoms with Gasteiger partial charge in [-0.1, -0.05) is 24.3 Å². The molecule has 1 aliphatic heterocycles. The van der Waals surface area contributed by atoms with E-state index in [4.69, 9.17) is 5.26 Å². The standard InChI is InChI=1S/C23H21F2N5O/c24-20-3-1-2-18(22(20)25)14-29-9-8-21(23(29)31)28-12-19-11-27-15-30(19)13-17-6-4-16(10-26)5-7-17/h1-7,11,15,21,28H,8-9,12-14H2/t21-/m1/s1. The highest BCUT2D eigenvalue weighted by atomic mass is 19.2. The van der Waals surface area contributed by atoms with Crippen molar-refractivity contribution in [2.75, 3.05) is 6.54 Å². The Morgan fingerprint density at radius 1 is 1.16 bits per heavy atom. The first-order chi connectivity index (χ1) is 15.0. The molecule has 1 amide bonds. The van der Waals surface area contributed by atoms with Crippen molar-refractivity contribution in [2.24, 2.45) is 0 Å². The van der Waals surface area contributed by atoms with Gasteiger partial charge in [0.2, 0.25) is 5.91 Å². The summed E-state index contributed by atoms with van der Waals surface area (Å²) < 4.78 is 29.3. The van der Waals surface area contributed by atoms with Gasteiger partial charge >= 0.3 is 0 Å². The summed E-state index contributed by atoms with van der Waals surface area (Å²) in [5.41, 5.74) is 2.75. The van der Waals surface area contributed by atoms with Gasteiger partial charge in [0, 0.05) is 37.9 Å². The van der Waals surface area contributed by atoms with Gasteiger partial charge in [-0.3, -0.25) is 4.79 Å². The zero-order chi connectivity index (χ0) is 21.8. The molecule has 1 aliphatic rings. The first-order valence-corrected chi connectivity index (χ1v) is 9.98. The molecule has 4 rings (SSSR count). The number of carbonyl (C=O) groups is 1. The Labute approximate surface area is 178 Å². The van der Waals surface area contributed by atoms with E-state index >= 15 is 0 Å². The van der Waals surface area contributed by atoms with Crippen LogP contribution >= 0.6 is 0 Å². The van der Waals surface area contributed by atoms with Crippen molar-refractivity contribution in [3.8, 4) is 6.07 Å².